The second-order valence-corrected chi connectivity index (χ2v) is 12.9. The van der Waals surface area contributed by atoms with Crippen LogP contribution in [0.25, 0.3) is 16.9 Å². The first-order valence-corrected chi connectivity index (χ1v) is 16.5. The molecule has 0 fully saturated rings. The van der Waals surface area contributed by atoms with E-state index in [1.807, 2.05) is 32.8 Å². The molecule has 11 nitrogen and oxygen atoms in total. The summed E-state index contributed by atoms with van der Waals surface area (Å²) in [5.41, 5.74) is 1.01. The monoisotopic (exact) mass is 604 g/mol. The number of H-pyrrole nitrogens is 1. The molecule has 2 heterocycles. The highest BCUT2D eigenvalue weighted by Gasteiger charge is 2.27. The third kappa shape index (κ3) is 7.97. The molecule has 0 bridgehead atoms. The Bertz CT molecular complexity index is 1470. The van der Waals surface area contributed by atoms with Crippen molar-refractivity contribution in [2.75, 3.05) is 46.9 Å². The Morgan fingerprint density at radius 3 is 2.48 bits per heavy atom. The molecule has 1 atom stereocenters. The molecule has 2 N–H and O–H groups in total. The van der Waals surface area contributed by atoms with E-state index < -0.39 is 10.0 Å². The number of hydrogen-bond acceptors (Lipinski definition) is 8. The SMILES string of the molecule is CCCCCCC(CC)c1nc(C)c2c(=O)[nH]c(-c3cc(S(=O)(=O)N(CCO)CCCN(C)C)ccc3OCC)nn12. The van der Waals surface area contributed by atoms with Crippen LogP contribution in [0.1, 0.15) is 83.2 Å². The van der Waals surface area contributed by atoms with Crippen LogP contribution in [0.5, 0.6) is 5.75 Å². The maximum Gasteiger partial charge on any atom is 0.277 e. The van der Waals surface area contributed by atoms with Crippen molar-refractivity contribution in [1.29, 1.82) is 0 Å². The van der Waals surface area contributed by atoms with Gasteiger partial charge in [-0.05, 0) is 71.9 Å². The molecular formula is C30H48N6O5S. The number of aromatic amines is 1. The van der Waals surface area contributed by atoms with Gasteiger partial charge in [0.15, 0.2) is 11.3 Å². The molecule has 1 unspecified atom stereocenters. The fourth-order valence-electron chi connectivity index (χ4n) is 5.22. The van der Waals surface area contributed by atoms with Crippen molar-refractivity contribution in [2.24, 2.45) is 0 Å². The van der Waals surface area contributed by atoms with E-state index in [9.17, 15) is 18.3 Å². The Labute approximate surface area is 250 Å². The highest BCUT2D eigenvalue weighted by atomic mass is 32.2. The van der Waals surface area contributed by atoms with Crippen molar-refractivity contribution in [3.8, 4) is 17.1 Å². The van der Waals surface area contributed by atoms with Gasteiger partial charge in [-0.3, -0.25) is 4.79 Å². The molecule has 12 heteroatoms. The molecule has 3 rings (SSSR count). The predicted molar refractivity (Wildman–Crippen MR) is 166 cm³/mol. The van der Waals surface area contributed by atoms with Crippen LogP contribution in [0.3, 0.4) is 0 Å². The minimum Gasteiger partial charge on any atom is -0.493 e. The van der Waals surface area contributed by atoms with Crippen molar-refractivity contribution in [2.45, 2.75) is 83.5 Å². The van der Waals surface area contributed by atoms with Crippen LogP contribution in [0.15, 0.2) is 27.9 Å². The number of imidazole rings is 1. The zero-order valence-electron chi connectivity index (χ0n) is 26.0. The molecule has 3 aromatic rings. The van der Waals surface area contributed by atoms with Crippen molar-refractivity contribution >= 4 is 15.5 Å². The highest BCUT2D eigenvalue weighted by Crippen LogP contribution is 2.32. The minimum absolute atomic E-state index is 0.0202. The van der Waals surface area contributed by atoms with Gasteiger partial charge in [0, 0.05) is 19.0 Å². The first-order valence-electron chi connectivity index (χ1n) is 15.1. The van der Waals surface area contributed by atoms with Gasteiger partial charge < -0.3 is 19.7 Å². The molecule has 0 saturated heterocycles. The third-order valence-corrected chi connectivity index (χ3v) is 9.37. The normalized spacial score (nSPS) is 13.0. The molecule has 0 aliphatic rings. The lowest BCUT2D eigenvalue weighted by Crippen LogP contribution is -2.35. The zero-order chi connectivity index (χ0) is 30.9. The molecule has 0 saturated carbocycles. The Hall–Kier alpha value is -2.80. The van der Waals surface area contributed by atoms with Crippen LogP contribution in [-0.2, 0) is 10.0 Å². The van der Waals surface area contributed by atoms with E-state index in [0.717, 1.165) is 37.9 Å². The van der Waals surface area contributed by atoms with Gasteiger partial charge in [0.25, 0.3) is 5.56 Å². The Morgan fingerprint density at radius 2 is 1.83 bits per heavy atom. The van der Waals surface area contributed by atoms with Gasteiger partial charge in [-0.15, -0.1) is 5.10 Å². The summed E-state index contributed by atoms with van der Waals surface area (Å²) in [4.78, 5) is 23.0. The van der Waals surface area contributed by atoms with E-state index in [-0.39, 0.29) is 41.9 Å². The van der Waals surface area contributed by atoms with Gasteiger partial charge in [-0.1, -0.05) is 39.5 Å². The predicted octanol–water partition coefficient (Wildman–Crippen LogP) is 4.19. The van der Waals surface area contributed by atoms with E-state index in [4.69, 9.17) is 14.8 Å². The van der Waals surface area contributed by atoms with Gasteiger partial charge in [-0.25, -0.2) is 17.9 Å². The van der Waals surface area contributed by atoms with E-state index in [1.54, 1.807) is 10.6 Å². The Morgan fingerprint density at radius 1 is 1.07 bits per heavy atom. The Balaban J connectivity index is 2.12. The van der Waals surface area contributed by atoms with E-state index in [2.05, 4.69) is 18.8 Å². The number of rotatable bonds is 18. The van der Waals surface area contributed by atoms with Gasteiger partial charge in [0.1, 0.15) is 11.6 Å². The molecular weight excluding hydrogens is 556 g/mol. The van der Waals surface area contributed by atoms with Gasteiger partial charge in [0.2, 0.25) is 10.0 Å². The van der Waals surface area contributed by atoms with Gasteiger partial charge in [-0.2, -0.15) is 4.31 Å². The molecule has 0 spiro atoms. The number of aromatic nitrogens is 4. The average Bonchev–Trinajstić information content (AvgIpc) is 3.29. The number of nitrogens with one attached hydrogen (secondary N) is 1. The minimum atomic E-state index is -3.95. The number of unbranched alkanes of at least 4 members (excludes halogenated alkanes) is 3. The summed E-state index contributed by atoms with van der Waals surface area (Å²) in [5.74, 6) is 1.49. The van der Waals surface area contributed by atoms with Crippen LogP contribution in [0, 0.1) is 6.92 Å². The van der Waals surface area contributed by atoms with E-state index >= 15 is 0 Å². The van der Waals surface area contributed by atoms with Crippen LogP contribution in [0.4, 0.5) is 0 Å². The molecule has 0 amide bonds. The summed E-state index contributed by atoms with van der Waals surface area (Å²) in [6.45, 7) is 8.95. The fourth-order valence-corrected chi connectivity index (χ4v) is 6.72. The van der Waals surface area contributed by atoms with Crippen molar-refractivity contribution in [3.63, 3.8) is 0 Å². The molecule has 234 valence electrons. The van der Waals surface area contributed by atoms with Crippen molar-refractivity contribution < 1.29 is 18.3 Å². The number of ether oxygens (including phenoxy) is 1. The molecule has 1 aromatic carbocycles. The number of sulfonamides is 1. The number of aliphatic hydroxyl groups is 1. The van der Waals surface area contributed by atoms with Crippen LogP contribution in [0.2, 0.25) is 0 Å². The molecule has 0 aliphatic heterocycles. The Kier molecular flexibility index (Phi) is 12.5. The highest BCUT2D eigenvalue weighted by molar-refractivity contribution is 7.89. The first kappa shape index (κ1) is 33.7. The lowest BCUT2D eigenvalue weighted by molar-refractivity contribution is 0.248. The summed E-state index contributed by atoms with van der Waals surface area (Å²) in [5, 5.41) is 14.4. The van der Waals surface area contributed by atoms with Crippen LogP contribution < -0.4 is 10.3 Å². The number of aliphatic hydroxyl groups excluding tert-OH is 1. The smallest absolute Gasteiger partial charge is 0.277 e. The van der Waals surface area contributed by atoms with Gasteiger partial charge >= 0.3 is 0 Å². The second kappa shape index (κ2) is 15.6. The topological polar surface area (TPSA) is 133 Å². The van der Waals surface area contributed by atoms with Crippen LogP contribution in [-0.4, -0.2) is 89.3 Å². The summed E-state index contributed by atoms with van der Waals surface area (Å²) in [6.07, 6.45) is 6.99. The standard InChI is InChI=1S/C30H48N6O5S/c1-7-10-11-12-14-23(8-2)29-31-22(4)27-30(38)32-28(33-36(27)29)25-21-24(15-16-26(25)41-9-3)42(39,40)35(19-20-37)18-13-17-34(5)6/h15-16,21,23,37H,7-14,17-20H2,1-6H3,(H,32,33,38). The maximum absolute atomic E-state index is 13.7. The second-order valence-electron chi connectivity index (χ2n) is 10.9. The lowest BCUT2D eigenvalue weighted by Gasteiger charge is -2.23. The lowest BCUT2D eigenvalue weighted by atomic mass is 9.97. The molecule has 2 aromatic heterocycles. The molecule has 42 heavy (non-hydrogen) atoms. The van der Waals surface area contributed by atoms with E-state index in [0.29, 0.717) is 42.1 Å². The molecule has 0 aliphatic carbocycles. The zero-order valence-corrected chi connectivity index (χ0v) is 26.8. The van der Waals surface area contributed by atoms with Gasteiger partial charge in [0.05, 0.1) is 29.4 Å². The number of nitrogens with zero attached hydrogens (tertiary/aromatic N) is 5. The third-order valence-electron chi connectivity index (χ3n) is 7.47. The van der Waals surface area contributed by atoms with E-state index in [1.165, 1.54) is 22.9 Å². The fraction of sp³-hybridized carbons (Fsp3) is 0.633. The quantitative estimate of drug-likeness (QED) is 0.207. The number of hydrogen-bond donors (Lipinski definition) is 2. The van der Waals surface area contributed by atoms with Crippen LogP contribution >= 0.6 is 0 Å². The number of benzene rings is 1. The van der Waals surface area contributed by atoms with Crippen molar-refractivity contribution in [3.05, 3.63) is 40.1 Å². The maximum atomic E-state index is 13.7. The number of aryl methyl sites for hydroxylation is 1. The summed E-state index contributed by atoms with van der Waals surface area (Å²) in [6, 6.07) is 4.58. The largest absolute Gasteiger partial charge is 0.493 e. The van der Waals surface area contributed by atoms with Crippen molar-refractivity contribution in [1.82, 2.24) is 28.8 Å². The first-order chi connectivity index (χ1) is 20.1. The summed E-state index contributed by atoms with van der Waals surface area (Å²) >= 11 is 0. The summed E-state index contributed by atoms with van der Waals surface area (Å²) in [7, 11) is -0.0979. The summed E-state index contributed by atoms with van der Waals surface area (Å²) < 4.78 is 36.2. The average molecular weight is 605 g/mol. The number of fused-ring (bicyclic) bond motifs is 1. The molecule has 0 radical (unpaired) electrons.